The van der Waals surface area contributed by atoms with Gasteiger partial charge in [0.05, 0.1) is 13.7 Å². The first kappa shape index (κ1) is 18.0. The highest BCUT2D eigenvalue weighted by Gasteiger charge is 2.20. The number of aromatic nitrogens is 1. The van der Waals surface area contributed by atoms with Crippen molar-refractivity contribution in [3.05, 3.63) is 48.8 Å². The van der Waals surface area contributed by atoms with E-state index in [0.717, 1.165) is 31.7 Å². The molecule has 1 saturated heterocycles. The fourth-order valence-electron chi connectivity index (χ4n) is 2.96. The van der Waals surface area contributed by atoms with Crippen LogP contribution >= 0.6 is 0 Å². The Morgan fingerprint density at radius 3 is 2.27 bits per heavy atom. The monoisotopic (exact) mass is 356 g/mol. The molecule has 0 aliphatic carbocycles. The number of carbonyl (C=O) groups excluding carboxylic acids is 1. The maximum Gasteiger partial charge on any atom is 0.343 e. The first-order valence-electron chi connectivity index (χ1n) is 8.82. The molecule has 1 fully saturated rings. The van der Waals surface area contributed by atoms with Crippen LogP contribution in [0.4, 0.5) is 5.69 Å². The molecule has 6 heteroatoms. The van der Waals surface area contributed by atoms with Gasteiger partial charge in [-0.15, -0.1) is 0 Å². The number of methoxy groups -OCH3 is 1. The number of rotatable bonds is 7. The molecule has 0 amide bonds. The van der Waals surface area contributed by atoms with Crippen LogP contribution in [0, 0.1) is 5.92 Å². The number of nitrogens with zero attached hydrogens (tertiary/aromatic N) is 2. The minimum Gasteiger partial charge on any atom is -0.493 e. The lowest BCUT2D eigenvalue weighted by Crippen LogP contribution is -2.35. The van der Waals surface area contributed by atoms with Gasteiger partial charge in [-0.25, -0.2) is 4.79 Å². The van der Waals surface area contributed by atoms with Gasteiger partial charge in [-0.05, 0) is 55.2 Å². The van der Waals surface area contributed by atoms with Crippen molar-refractivity contribution in [2.24, 2.45) is 5.92 Å². The van der Waals surface area contributed by atoms with E-state index in [0.29, 0.717) is 18.3 Å². The lowest BCUT2D eigenvalue weighted by molar-refractivity contribution is -0.142. The highest BCUT2D eigenvalue weighted by atomic mass is 16.6. The van der Waals surface area contributed by atoms with Crippen molar-refractivity contribution in [1.29, 1.82) is 0 Å². The summed E-state index contributed by atoms with van der Waals surface area (Å²) in [7, 11) is 1.34. The molecule has 0 N–H and O–H groups in total. The molecule has 0 saturated carbocycles. The first-order valence-corrected chi connectivity index (χ1v) is 8.82. The Hall–Kier alpha value is -2.76. The van der Waals surface area contributed by atoms with Crippen LogP contribution in [0.1, 0.15) is 12.8 Å². The van der Waals surface area contributed by atoms with Gasteiger partial charge in [-0.2, -0.15) is 0 Å². The molecule has 0 bridgehead atoms. The number of piperidine rings is 1. The fraction of sp³-hybridized carbons (Fsp3) is 0.400. The zero-order valence-corrected chi connectivity index (χ0v) is 15.0. The zero-order valence-electron chi connectivity index (χ0n) is 15.0. The average Bonchev–Trinajstić information content (AvgIpc) is 2.72. The van der Waals surface area contributed by atoms with Gasteiger partial charge in [0.1, 0.15) is 11.5 Å². The van der Waals surface area contributed by atoms with E-state index in [9.17, 15) is 4.79 Å². The van der Waals surface area contributed by atoms with Crippen molar-refractivity contribution >= 4 is 11.7 Å². The van der Waals surface area contributed by atoms with Gasteiger partial charge in [0.2, 0.25) is 0 Å². The molecule has 138 valence electrons. The number of benzene rings is 1. The summed E-state index contributed by atoms with van der Waals surface area (Å²) in [5.74, 6) is 1.59. The fourth-order valence-corrected chi connectivity index (χ4v) is 2.96. The van der Waals surface area contributed by atoms with E-state index < -0.39 is 5.97 Å². The summed E-state index contributed by atoms with van der Waals surface area (Å²) >= 11 is 0. The summed E-state index contributed by atoms with van der Waals surface area (Å²) in [6.07, 6.45) is 5.90. The van der Waals surface area contributed by atoms with Crippen LogP contribution in [-0.2, 0) is 9.53 Å². The molecule has 2 heterocycles. The molecule has 1 aromatic carbocycles. The SMILES string of the molecule is COC(=O)COc1ccc(OCC2CCN(c3ccncc3)CC2)cc1. The molecule has 0 spiro atoms. The summed E-state index contributed by atoms with van der Waals surface area (Å²) in [4.78, 5) is 17.5. The number of pyridine rings is 1. The van der Waals surface area contributed by atoms with E-state index in [2.05, 4.69) is 26.8 Å². The van der Waals surface area contributed by atoms with Crippen molar-refractivity contribution in [3.8, 4) is 11.5 Å². The van der Waals surface area contributed by atoms with Crippen molar-refractivity contribution in [1.82, 2.24) is 4.98 Å². The number of esters is 1. The van der Waals surface area contributed by atoms with E-state index >= 15 is 0 Å². The van der Waals surface area contributed by atoms with Gasteiger partial charge < -0.3 is 19.1 Å². The number of ether oxygens (including phenoxy) is 3. The van der Waals surface area contributed by atoms with E-state index in [1.807, 2.05) is 24.5 Å². The minimum absolute atomic E-state index is 0.0905. The summed E-state index contributed by atoms with van der Waals surface area (Å²) in [5, 5.41) is 0. The van der Waals surface area contributed by atoms with Gasteiger partial charge in [0.15, 0.2) is 6.61 Å². The van der Waals surface area contributed by atoms with Gasteiger partial charge in [0, 0.05) is 31.2 Å². The maximum atomic E-state index is 11.1. The standard InChI is InChI=1S/C20H24N2O4/c1-24-20(23)15-26-19-4-2-18(3-5-19)25-14-16-8-12-22(13-9-16)17-6-10-21-11-7-17/h2-7,10-11,16H,8-9,12-15H2,1H3. The lowest BCUT2D eigenvalue weighted by atomic mass is 9.97. The highest BCUT2D eigenvalue weighted by molar-refractivity contribution is 5.70. The number of anilines is 1. The van der Waals surface area contributed by atoms with Crippen LogP contribution in [0.3, 0.4) is 0 Å². The molecular weight excluding hydrogens is 332 g/mol. The van der Waals surface area contributed by atoms with Crippen LogP contribution in [-0.4, -0.2) is 44.4 Å². The smallest absolute Gasteiger partial charge is 0.343 e. The molecular formula is C20H24N2O4. The normalized spacial score (nSPS) is 14.7. The Bertz CT molecular complexity index is 683. The number of hydrogen-bond acceptors (Lipinski definition) is 6. The number of carbonyl (C=O) groups is 1. The maximum absolute atomic E-state index is 11.1. The number of hydrogen-bond donors (Lipinski definition) is 0. The molecule has 2 aromatic rings. The van der Waals surface area contributed by atoms with Crippen molar-refractivity contribution in [2.75, 3.05) is 38.3 Å². The van der Waals surface area contributed by atoms with Gasteiger partial charge in [-0.3, -0.25) is 4.98 Å². The first-order chi connectivity index (χ1) is 12.7. The lowest BCUT2D eigenvalue weighted by Gasteiger charge is -2.33. The van der Waals surface area contributed by atoms with Gasteiger partial charge >= 0.3 is 5.97 Å². The topological polar surface area (TPSA) is 60.9 Å². The second-order valence-corrected chi connectivity index (χ2v) is 6.28. The third kappa shape index (κ3) is 5.12. The Morgan fingerprint density at radius 2 is 1.65 bits per heavy atom. The van der Waals surface area contributed by atoms with E-state index in [4.69, 9.17) is 9.47 Å². The van der Waals surface area contributed by atoms with Crippen LogP contribution in [0.2, 0.25) is 0 Å². The van der Waals surface area contributed by atoms with Crippen LogP contribution < -0.4 is 14.4 Å². The third-order valence-corrected chi connectivity index (χ3v) is 4.54. The Kier molecular flexibility index (Phi) is 6.30. The Labute approximate surface area is 153 Å². The van der Waals surface area contributed by atoms with E-state index in [-0.39, 0.29) is 6.61 Å². The molecule has 3 rings (SSSR count). The zero-order chi connectivity index (χ0) is 18.2. The molecule has 1 aliphatic heterocycles. The van der Waals surface area contributed by atoms with Gasteiger partial charge in [-0.1, -0.05) is 0 Å². The van der Waals surface area contributed by atoms with Crippen molar-refractivity contribution in [3.63, 3.8) is 0 Å². The molecule has 0 unspecified atom stereocenters. The van der Waals surface area contributed by atoms with Crippen LogP contribution in [0.15, 0.2) is 48.8 Å². The Balaban J connectivity index is 1.40. The Morgan fingerprint density at radius 1 is 1.04 bits per heavy atom. The highest BCUT2D eigenvalue weighted by Crippen LogP contribution is 2.24. The van der Waals surface area contributed by atoms with Crippen LogP contribution in [0.5, 0.6) is 11.5 Å². The summed E-state index contributed by atoms with van der Waals surface area (Å²) in [5.41, 5.74) is 1.24. The van der Waals surface area contributed by atoms with Gasteiger partial charge in [0.25, 0.3) is 0 Å². The molecule has 1 aliphatic rings. The quantitative estimate of drug-likeness (QED) is 0.711. The summed E-state index contributed by atoms with van der Waals surface area (Å²) in [6, 6.07) is 11.4. The molecule has 0 atom stereocenters. The summed E-state index contributed by atoms with van der Waals surface area (Å²) in [6.45, 7) is 2.70. The average molecular weight is 356 g/mol. The predicted octanol–water partition coefficient (Wildman–Crippen LogP) is 2.93. The summed E-state index contributed by atoms with van der Waals surface area (Å²) < 4.78 is 15.8. The minimum atomic E-state index is -0.400. The second kappa shape index (κ2) is 9.08. The van der Waals surface area contributed by atoms with Crippen molar-refractivity contribution < 1.29 is 19.0 Å². The second-order valence-electron chi connectivity index (χ2n) is 6.28. The molecule has 0 radical (unpaired) electrons. The van der Waals surface area contributed by atoms with Crippen LogP contribution in [0.25, 0.3) is 0 Å². The largest absolute Gasteiger partial charge is 0.493 e. The molecule has 6 nitrogen and oxygen atoms in total. The third-order valence-electron chi connectivity index (χ3n) is 4.54. The van der Waals surface area contributed by atoms with E-state index in [1.165, 1.54) is 12.8 Å². The molecule has 26 heavy (non-hydrogen) atoms. The van der Waals surface area contributed by atoms with E-state index in [1.54, 1.807) is 12.1 Å². The molecule has 1 aromatic heterocycles. The van der Waals surface area contributed by atoms with Crippen molar-refractivity contribution in [2.45, 2.75) is 12.8 Å². The predicted molar refractivity (Wildman–Crippen MR) is 98.6 cm³/mol.